The van der Waals surface area contributed by atoms with Gasteiger partial charge < -0.3 is 10.6 Å². The Bertz CT molecular complexity index is 202. The molecule has 0 bridgehead atoms. The Hall–Kier alpha value is -0.220. The van der Waals surface area contributed by atoms with Crippen LogP contribution in [0.3, 0.4) is 0 Å². The van der Waals surface area contributed by atoms with Gasteiger partial charge in [0.2, 0.25) is 5.91 Å². The lowest BCUT2D eigenvalue weighted by atomic mass is 10.1. The smallest absolute Gasteiger partial charge is 0.221 e. The summed E-state index contributed by atoms with van der Waals surface area (Å²) in [6, 6.07) is 0. The largest absolute Gasteiger partial charge is 0.356 e. The third-order valence-corrected chi connectivity index (χ3v) is 3.32. The molecule has 1 amide bonds. The van der Waals surface area contributed by atoms with Crippen molar-refractivity contribution in [3.63, 3.8) is 0 Å². The zero-order valence-electron chi connectivity index (χ0n) is 11.2. The van der Waals surface area contributed by atoms with Crippen LogP contribution in [0.4, 0.5) is 0 Å². The van der Waals surface area contributed by atoms with E-state index in [4.69, 9.17) is 0 Å². The Balaban J connectivity index is 3.46. The van der Waals surface area contributed by atoms with Gasteiger partial charge in [-0.1, -0.05) is 6.92 Å². The molecule has 0 aliphatic heterocycles. The fourth-order valence-electron chi connectivity index (χ4n) is 1.17. The normalized spacial score (nSPS) is 13.6. The van der Waals surface area contributed by atoms with Crippen LogP contribution >= 0.6 is 11.8 Å². The van der Waals surface area contributed by atoms with Gasteiger partial charge >= 0.3 is 0 Å². The summed E-state index contributed by atoms with van der Waals surface area (Å²) in [6.45, 7) is 10.0. The van der Waals surface area contributed by atoms with E-state index in [0.717, 1.165) is 19.5 Å². The molecule has 0 radical (unpaired) electrons. The lowest BCUT2D eigenvalue weighted by molar-refractivity contribution is -0.121. The summed E-state index contributed by atoms with van der Waals surface area (Å²) in [7, 11) is 0. The van der Waals surface area contributed by atoms with Gasteiger partial charge in [0.1, 0.15) is 0 Å². The minimum atomic E-state index is 0.0909. The van der Waals surface area contributed by atoms with E-state index in [-0.39, 0.29) is 11.4 Å². The minimum absolute atomic E-state index is 0.0909. The van der Waals surface area contributed by atoms with Crippen LogP contribution in [0.25, 0.3) is 0 Å². The van der Waals surface area contributed by atoms with Crippen molar-refractivity contribution in [2.45, 2.75) is 51.3 Å². The van der Waals surface area contributed by atoms with E-state index in [1.54, 1.807) is 0 Å². The Kier molecular flexibility index (Phi) is 7.85. The van der Waals surface area contributed by atoms with Crippen molar-refractivity contribution in [2.75, 3.05) is 19.3 Å². The highest BCUT2D eigenvalue weighted by atomic mass is 32.2. The van der Waals surface area contributed by atoms with Crippen LogP contribution in [0.15, 0.2) is 0 Å². The maximum Gasteiger partial charge on any atom is 0.221 e. The molecule has 0 fully saturated rings. The van der Waals surface area contributed by atoms with Crippen molar-refractivity contribution < 1.29 is 4.79 Å². The second-order valence-electron chi connectivity index (χ2n) is 5.11. The van der Waals surface area contributed by atoms with Crippen LogP contribution in [0.2, 0.25) is 0 Å². The highest BCUT2D eigenvalue weighted by Crippen LogP contribution is 2.07. The highest BCUT2D eigenvalue weighted by Gasteiger charge is 2.09. The first-order valence-electron chi connectivity index (χ1n) is 5.89. The number of carbonyl (C=O) groups is 1. The number of amides is 1. The summed E-state index contributed by atoms with van der Waals surface area (Å²) in [5.41, 5.74) is 0.0909. The number of hydrogen-bond donors (Lipinski definition) is 2. The Labute approximate surface area is 104 Å². The van der Waals surface area contributed by atoms with Gasteiger partial charge in [-0.05, 0) is 33.4 Å². The molecule has 0 saturated heterocycles. The van der Waals surface area contributed by atoms with Gasteiger partial charge in [-0.3, -0.25) is 4.79 Å². The summed E-state index contributed by atoms with van der Waals surface area (Å²) in [5, 5.41) is 6.86. The van der Waals surface area contributed by atoms with E-state index in [1.807, 2.05) is 11.8 Å². The SMILES string of the molecule is CSC(C)CCNC(=O)CCNC(C)(C)C. The van der Waals surface area contributed by atoms with Crippen LogP contribution in [0, 0.1) is 0 Å². The highest BCUT2D eigenvalue weighted by molar-refractivity contribution is 7.99. The second-order valence-corrected chi connectivity index (χ2v) is 6.39. The third kappa shape index (κ3) is 10.3. The zero-order valence-corrected chi connectivity index (χ0v) is 12.0. The van der Waals surface area contributed by atoms with Crippen molar-refractivity contribution in [3.05, 3.63) is 0 Å². The Morgan fingerprint density at radius 3 is 2.44 bits per heavy atom. The quantitative estimate of drug-likeness (QED) is 0.722. The molecule has 0 spiro atoms. The van der Waals surface area contributed by atoms with E-state index in [0.29, 0.717) is 11.7 Å². The Morgan fingerprint density at radius 2 is 1.94 bits per heavy atom. The molecule has 4 heteroatoms. The van der Waals surface area contributed by atoms with Crippen LogP contribution < -0.4 is 10.6 Å². The van der Waals surface area contributed by atoms with Gasteiger partial charge in [-0.15, -0.1) is 0 Å². The molecule has 0 rings (SSSR count). The first-order chi connectivity index (χ1) is 7.35. The van der Waals surface area contributed by atoms with Gasteiger partial charge in [-0.2, -0.15) is 11.8 Å². The average Bonchev–Trinajstić information content (AvgIpc) is 2.15. The van der Waals surface area contributed by atoms with Crippen LogP contribution in [-0.2, 0) is 4.79 Å². The van der Waals surface area contributed by atoms with E-state index in [2.05, 4.69) is 44.6 Å². The molecular weight excluding hydrogens is 220 g/mol. The van der Waals surface area contributed by atoms with Gasteiger partial charge in [0, 0.05) is 30.3 Å². The number of thioether (sulfide) groups is 1. The number of carbonyl (C=O) groups excluding carboxylic acids is 1. The first-order valence-corrected chi connectivity index (χ1v) is 7.18. The van der Waals surface area contributed by atoms with Gasteiger partial charge in [0.25, 0.3) is 0 Å². The summed E-state index contributed by atoms with van der Waals surface area (Å²) in [6.07, 6.45) is 3.70. The van der Waals surface area contributed by atoms with Crippen molar-refractivity contribution in [3.8, 4) is 0 Å². The standard InChI is InChI=1S/C12H26N2OS/c1-10(16-5)6-8-13-11(15)7-9-14-12(2,3)4/h10,14H,6-9H2,1-5H3,(H,13,15). The zero-order chi connectivity index (χ0) is 12.6. The van der Waals surface area contributed by atoms with E-state index in [9.17, 15) is 4.79 Å². The molecule has 0 aromatic heterocycles. The van der Waals surface area contributed by atoms with E-state index < -0.39 is 0 Å². The summed E-state index contributed by atoms with van der Waals surface area (Å²) in [4.78, 5) is 11.4. The lowest BCUT2D eigenvalue weighted by Gasteiger charge is -2.20. The molecule has 96 valence electrons. The maximum atomic E-state index is 11.4. The van der Waals surface area contributed by atoms with E-state index in [1.165, 1.54) is 0 Å². The molecule has 0 heterocycles. The molecule has 0 aliphatic carbocycles. The van der Waals surface area contributed by atoms with Gasteiger partial charge in [0.15, 0.2) is 0 Å². The number of nitrogens with one attached hydrogen (secondary N) is 2. The minimum Gasteiger partial charge on any atom is -0.356 e. The van der Waals surface area contributed by atoms with Crippen molar-refractivity contribution in [1.82, 2.24) is 10.6 Å². The fourth-order valence-corrected chi connectivity index (χ4v) is 1.53. The van der Waals surface area contributed by atoms with E-state index >= 15 is 0 Å². The molecule has 0 aromatic carbocycles. The summed E-state index contributed by atoms with van der Waals surface area (Å²) < 4.78 is 0. The molecule has 1 unspecified atom stereocenters. The summed E-state index contributed by atoms with van der Waals surface area (Å²) in [5.74, 6) is 0.144. The average molecular weight is 246 g/mol. The lowest BCUT2D eigenvalue weighted by Crippen LogP contribution is -2.38. The predicted molar refractivity (Wildman–Crippen MR) is 73.0 cm³/mol. The molecule has 0 aromatic rings. The molecule has 0 aliphatic rings. The van der Waals surface area contributed by atoms with Gasteiger partial charge in [-0.25, -0.2) is 0 Å². The summed E-state index contributed by atoms with van der Waals surface area (Å²) >= 11 is 1.83. The van der Waals surface area contributed by atoms with Crippen molar-refractivity contribution >= 4 is 17.7 Å². The predicted octanol–water partition coefficient (Wildman–Crippen LogP) is 2.02. The van der Waals surface area contributed by atoms with Gasteiger partial charge in [0.05, 0.1) is 0 Å². The number of rotatable bonds is 7. The van der Waals surface area contributed by atoms with Crippen molar-refractivity contribution in [1.29, 1.82) is 0 Å². The van der Waals surface area contributed by atoms with Crippen molar-refractivity contribution in [2.24, 2.45) is 0 Å². The Morgan fingerprint density at radius 1 is 1.31 bits per heavy atom. The van der Waals surface area contributed by atoms with Crippen LogP contribution in [-0.4, -0.2) is 36.0 Å². The third-order valence-electron chi connectivity index (χ3n) is 2.28. The second kappa shape index (κ2) is 7.96. The molecule has 2 N–H and O–H groups in total. The van der Waals surface area contributed by atoms with Crippen LogP contribution in [0.1, 0.15) is 40.5 Å². The molecular formula is C12H26N2OS. The molecule has 1 atom stereocenters. The van der Waals surface area contributed by atoms with Crippen LogP contribution in [0.5, 0.6) is 0 Å². The first kappa shape index (κ1) is 15.8. The molecule has 3 nitrogen and oxygen atoms in total. The fraction of sp³-hybridized carbons (Fsp3) is 0.917. The maximum absolute atomic E-state index is 11.4. The molecule has 0 saturated carbocycles. The monoisotopic (exact) mass is 246 g/mol. The number of hydrogen-bond acceptors (Lipinski definition) is 3. The topological polar surface area (TPSA) is 41.1 Å². The molecule has 16 heavy (non-hydrogen) atoms.